The van der Waals surface area contributed by atoms with Crippen LogP contribution in [0.4, 0.5) is 5.69 Å². The van der Waals surface area contributed by atoms with Gasteiger partial charge in [0.05, 0.1) is 18.0 Å². The highest BCUT2D eigenvalue weighted by Gasteiger charge is 2.19. The molecule has 0 aliphatic carbocycles. The normalized spacial score (nSPS) is 12.0. The summed E-state index contributed by atoms with van der Waals surface area (Å²) in [5, 5.41) is 10.9. The van der Waals surface area contributed by atoms with E-state index in [9.17, 15) is 4.79 Å². The predicted molar refractivity (Wildman–Crippen MR) is 86.5 cm³/mol. The number of hydrogen-bond acceptors (Lipinski definition) is 6. The maximum atomic E-state index is 12.3. The smallest absolute Gasteiger partial charge is 0.237 e. The van der Waals surface area contributed by atoms with E-state index in [1.807, 2.05) is 19.1 Å². The van der Waals surface area contributed by atoms with Crippen molar-refractivity contribution in [1.82, 2.24) is 14.9 Å². The first-order chi connectivity index (χ1) is 10.6. The Morgan fingerprint density at radius 3 is 2.82 bits per heavy atom. The second kappa shape index (κ2) is 7.17. The highest BCUT2D eigenvalue weighted by molar-refractivity contribution is 8.00. The molecule has 0 spiro atoms. The third kappa shape index (κ3) is 3.51. The third-order valence-electron chi connectivity index (χ3n) is 3.07. The van der Waals surface area contributed by atoms with Crippen LogP contribution in [0.5, 0.6) is 5.75 Å². The van der Waals surface area contributed by atoms with E-state index in [4.69, 9.17) is 10.6 Å². The van der Waals surface area contributed by atoms with Crippen LogP contribution in [0.25, 0.3) is 0 Å². The van der Waals surface area contributed by atoms with Gasteiger partial charge in [-0.25, -0.2) is 4.68 Å². The number of para-hydroxylation sites is 2. The van der Waals surface area contributed by atoms with E-state index < -0.39 is 0 Å². The van der Waals surface area contributed by atoms with Crippen molar-refractivity contribution < 1.29 is 9.53 Å². The quantitative estimate of drug-likeness (QED) is 0.621. The van der Waals surface area contributed by atoms with Crippen molar-refractivity contribution in [2.24, 2.45) is 0 Å². The summed E-state index contributed by atoms with van der Waals surface area (Å²) in [4.78, 5) is 12.3. The van der Waals surface area contributed by atoms with Crippen LogP contribution >= 0.6 is 11.8 Å². The Morgan fingerprint density at radius 2 is 2.18 bits per heavy atom. The van der Waals surface area contributed by atoms with Gasteiger partial charge in [-0.05, 0) is 19.1 Å². The first-order valence-electron chi connectivity index (χ1n) is 6.86. The molecule has 1 heterocycles. The molecule has 7 nitrogen and oxygen atoms in total. The zero-order chi connectivity index (χ0) is 16.1. The number of anilines is 1. The highest BCUT2D eigenvalue weighted by atomic mass is 32.2. The third-order valence-corrected chi connectivity index (χ3v) is 4.12. The van der Waals surface area contributed by atoms with Gasteiger partial charge in [-0.15, -0.1) is 10.2 Å². The number of aromatic nitrogens is 3. The molecule has 0 unspecified atom stereocenters. The van der Waals surface area contributed by atoms with Crippen molar-refractivity contribution in [3.63, 3.8) is 0 Å². The number of benzene rings is 1. The number of aryl methyl sites for hydroxylation is 1. The molecule has 0 aliphatic rings. The van der Waals surface area contributed by atoms with Crippen molar-refractivity contribution >= 4 is 23.4 Å². The van der Waals surface area contributed by atoms with Crippen molar-refractivity contribution in [1.29, 1.82) is 0 Å². The number of carbonyl (C=O) groups is 1. The van der Waals surface area contributed by atoms with Crippen LogP contribution in [0.3, 0.4) is 0 Å². The van der Waals surface area contributed by atoms with E-state index in [0.717, 1.165) is 0 Å². The summed E-state index contributed by atoms with van der Waals surface area (Å²) in [6, 6.07) is 7.25. The molecule has 0 bridgehead atoms. The maximum absolute atomic E-state index is 12.3. The number of amides is 1. The summed E-state index contributed by atoms with van der Waals surface area (Å²) in [5.41, 5.74) is 0.630. The van der Waals surface area contributed by atoms with E-state index in [-0.39, 0.29) is 11.2 Å². The second-order valence-electron chi connectivity index (χ2n) is 4.57. The van der Waals surface area contributed by atoms with E-state index in [1.165, 1.54) is 16.4 Å². The standard InChI is InChI=1S/C14H19N5O2S/c1-4-12-17-18-14(19(12)15)22-9(2)13(20)16-10-7-5-6-8-11(10)21-3/h5-9H,4,15H2,1-3H3,(H,16,20)/t9-/m1/s1. The van der Waals surface area contributed by atoms with Crippen LogP contribution in [0, 0.1) is 0 Å². The number of nitrogens with one attached hydrogen (secondary N) is 1. The molecule has 1 aromatic carbocycles. The van der Waals surface area contributed by atoms with Crippen molar-refractivity contribution in [3.05, 3.63) is 30.1 Å². The zero-order valence-corrected chi connectivity index (χ0v) is 13.6. The molecule has 118 valence electrons. The van der Waals surface area contributed by atoms with Gasteiger partial charge < -0.3 is 15.9 Å². The fraction of sp³-hybridized carbons (Fsp3) is 0.357. The molecule has 0 saturated carbocycles. The van der Waals surface area contributed by atoms with Crippen LogP contribution in [0.1, 0.15) is 19.7 Å². The summed E-state index contributed by atoms with van der Waals surface area (Å²) < 4.78 is 6.63. The maximum Gasteiger partial charge on any atom is 0.237 e. The van der Waals surface area contributed by atoms with Crippen LogP contribution in [0.2, 0.25) is 0 Å². The fourth-order valence-electron chi connectivity index (χ4n) is 1.82. The number of rotatable bonds is 6. The van der Waals surface area contributed by atoms with Gasteiger partial charge >= 0.3 is 0 Å². The number of carbonyl (C=O) groups excluding carboxylic acids is 1. The number of ether oxygens (including phenoxy) is 1. The van der Waals surface area contributed by atoms with Crippen LogP contribution in [-0.2, 0) is 11.2 Å². The van der Waals surface area contributed by atoms with E-state index in [1.54, 1.807) is 26.2 Å². The molecule has 0 fully saturated rings. The Labute approximate surface area is 133 Å². The van der Waals surface area contributed by atoms with Gasteiger partial charge in [-0.2, -0.15) is 0 Å². The SMILES string of the molecule is CCc1nnc(S[C@H](C)C(=O)Nc2ccccc2OC)n1N. The predicted octanol–water partition coefficient (Wildman–Crippen LogP) is 1.68. The Bertz CT molecular complexity index is 658. The molecule has 3 N–H and O–H groups in total. The molecule has 22 heavy (non-hydrogen) atoms. The van der Waals surface area contributed by atoms with Gasteiger partial charge in [0.2, 0.25) is 11.1 Å². The zero-order valence-electron chi connectivity index (χ0n) is 12.7. The topological polar surface area (TPSA) is 95.1 Å². The summed E-state index contributed by atoms with van der Waals surface area (Å²) in [7, 11) is 1.56. The average molecular weight is 321 g/mol. The molecule has 1 atom stereocenters. The van der Waals surface area contributed by atoms with E-state index >= 15 is 0 Å². The summed E-state index contributed by atoms with van der Waals surface area (Å²) in [6.45, 7) is 3.73. The van der Waals surface area contributed by atoms with Crippen molar-refractivity contribution in [2.75, 3.05) is 18.3 Å². The van der Waals surface area contributed by atoms with Gasteiger partial charge in [-0.3, -0.25) is 4.79 Å². The molecule has 1 amide bonds. The van der Waals surface area contributed by atoms with Crippen LogP contribution < -0.4 is 15.9 Å². The fourth-order valence-corrected chi connectivity index (χ4v) is 2.61. The molecule has 0 radical (unpaired) electrons. The molecular formula is C14H19N5O2S. The Kier molecular flexibility index (Phi) is 5.26. The largest absolute Gasteiger partial charge is 0.495 e. The molecule has 1 aromatic heterocycles. The number of nitrogen functional groups attached to an aromatic ring is 1. The monoisotopic (exact) mass is 321 g/mol. The van der Waals surface area contributed by atoms with Gasteiger partial charge in [0, 0.05) is 6.42 Å². The number of nitrogens with zero attached hydrogens (tertiary/aromatic N) is 3. The van der Waals surface area contributed by atoms with Crippen LogP contribution in [0.15, 0.2) is 29.4 Å². The minimum absolute atomic E-state index is 0.157. The van der Waals surface area contributed by atoms with E-state index in [2.05, 4.69) is 15.5 Å². The molecule has 0 aliphatic heterocycles. The number of methoxy groups -OCH3 is 1. The lowest BCUT2D eigenvalue weighted by Crippen LogP contribution is -2.24. The van der Waals surface area contributed by atoms with Crippen LogP contribution in [-0.4, -0.2) is 33.1 Å². The summed E-state index contributed by atoms with van der Waals surface area (Å²) in [6.07, 6.45) is 0.686. The minimum atomic E-state index is -0.374. The molecule has 2 aromatic rings. The Morgan fingerprint density at radius 1 is 1.45 bits per heavy atom. The number of hydrogen-bond donors (Lipinski definition) is 2. The van der Waals surface area contributed by atoms with Crippen molar-refractivity contribution in [2.45, 2.75) is 30.7 Å². The highest BCUT2D eigenvalue weighted by Crippen LogP contribution is 2.26. The molecule has 2 rings (SSSR count). The first-order valence-corrected chi connectivity index (χ1v) is 7.74. The molecular weight excluding hydrogens is 302 g/mol. The van der Waals surface area contributed by atoms with E-state index in [0.29, 0.717) is 28.8 Å². The van der Waals surface area contributed by atoms with Crippen molar-refractivity contribution in [3.8, 4) is 5.75 Å². The Balaban J connectivity index is 2.04. The van der Waals surface area contributed by atoms with Gasteiger partial charge in [0.25, 0.3) is 0 Å². The van der Waals surface area contributed by atoms with Gasteiger partial charge in [-0.1, -0.05) is 30.8 Å². The minimum Gasteiger partial charge on any atom is -0.495 e. The summed E-state index contributed by atoms with van der Waals surface area (Å²) in [5.74, 6) is 7.02. The second-order valence-corrected chi connectivity index (χ2v) is 5.88. The van der Waals surface area contributed by atoms with Gasteiger partial charge in [0.15, 0.2) is 5.82 Å². The first kappa shape index (κ1) is 16.2. The lowest BCUT2D eigenvalue weighted by molar-refractivity contribution is -0.115. The number of nitrogens with two attached hydrogens (primary N) is 1. The molecule has 0 saturated heterocycles. The van der Waals surface area contributed by atoms with Gasteiger partial charge in [0.1, 0.15) is 5.75 Å². The number of thioether (sulfide) groups is 1. The lowest BCUT2D eigenvalue weighted by Gasteiger charge is -2.13. The lowest BCUT2D eigenvalue weighted by atomic mass is 10.3. The molecule has 8 heteroatoms. The average Bonchev–Trinajstić information content (AvgIpc) is 2.88. The Hall–Kier alpha value is -2.22. The summed E-state index contributed by atoms with van der Waals surface area (Å²) >= 11 is 1.26.